The van der Waals surface area contributed by atoms with E-state index in [9.17, 15) is 0 Å². The van der Waals surface area contributed by atoms with Gasteiger partial charge in [-0.2, -0.15) is 5.26 Å². The molecule has 5 heteroatoms. The maximum Gasteiger partial charge on any atom is 0.131 e. The van der Waals surface area contributed by atoms with E-state index in [0.717, 1.165) is 28.2 Å². The van der Waals surface area contributed by atoms with Crippen molar-refractivity contribution in [3.05, 3.63) is 51.9 Å². The van der Waals surface area contributed by atoms with Gasteiger partial charge in [-0.1, -0.05) is 19.1 Å². The number of hydrogen-bond donors (Lipinski definition) is 1. The van der Waals surface area contributed by atoms with Crippen LogP contribution in [0, 0.1) is 11.3 Å². The average Bonchev–Trinajstić information content (AvgIpc) is 2.44. The molecule has 0 amide bonds. The van der Waals surface area contributed by atoms with Crippen molar-refractivity contribution < 1.29 is 0 Å². The second kappa shape index (κ2) is 6.30. The molecule has 2 rings (SSSR count). The van der Waals surface area contributed by atoms with E-state index in [1.165, 1.54) is 0 Å². The lowest BCUT2D eigenvalue weighted by Gasteiger charge is -2.07. The molecule has 0 spiro atoms. The van der Waals surface area contributed by atoms with Gasteiger partial charge in [-0.05, 0) is 33.6 Å². The monoisotopic (exact) mass is 316 g/mol. The van der Waals surface area contributed by atoms with Crippen LogP contribution in [0.2, 0.25) is 0 Å². The first-order valence-electron chi connectivity index (χ1n) is 5.97. The molecule has 0 aliphatic heterocycles. The molecular weight excluding hydrogens is 304 g/mol. The highest BCUT2D eigenvalue weighted by Gasteiger charge is 2.02. The van der Waals surface area contributed by atoms with E-state index in [1.54, 1.807) is 6.07 Å². The molecule has 1 aromatic carbocycles. The van der Waals surface area contributed by atoms with Gasteiger partial charge in [0, 0.05) is 19.0 Å². The standard InChI is InChI=1S/C14H13BrN4/c1-2-13-18-12(15)7-14(19-13)17-9-11-5-3-4-10(6-11)8-16/h3-7H,2,9H2,1H3,(H,17,18,19). The topological polar surface area (TPSA) is 61.6 Å². The van der Waals surface area contributed by atoms with Crippen molar-refractivity contribution in [1.29, 1.82) is 5.26 Å². The zero-order valence-corrected chi connectivity index (χ0v) is 12.1. The lowest BCUT2D eigenvalue weighted by Crippen LogP contribution is -2.04. The van der Waals surface area contributed by atoms with Crippen LogP contribution < -0.4 is 5.32 Å². The van der Waals surface area contributed by atoms with Crippen LogP contribution in [-0.2, 0) is 13.0 Å². The number of hydrogen-bond acceptors (Lipinski definition) is 4. The van der Waals surface area contributed by atoms with Crippen LogP contribution in [-0.4, -0.2) is 9.97 Å². The zero-order valence-electron chi connectivity index (χ0n) is 10.5. The van der Waals surface area contributed by atoms with E-state index in [4.69, 9.17) is 5.26 Å². The van der Waals surface area contributed by atoms with Gasteiger partial charge in [0.1, 0.15) is 16.2 Å². The maximum atomic E-state index is 8.85. The average molecular weight is 317 g/mol. The highest BCUT2D eigenvalue weighted by molar-refractivity contribution is 9.10. The van der Waals surface area contributed by atoms with Crippen LogP contribution in [0.1, 0.15) is 23.9 Å². The predicted molar refractivity (Wildman–Crippen MR) is 77.6 cm³/mol. The first-order chi connectivity index (χ1) is 9.21. The first kappa shape index (κ1) is 13.5. The summed E-state index contributed by atoms with van der Waals surface area (Å²) >= 11 is 3.37. The fraction of sp³-hybridized carbons (Fsp3) is 0.214. The second-order valence-corrected chi connectivity index (χ2v) is 4.82. The Morgan fingerprint density at radius 1 is 1.32 bits per heavy atom. The smallest absolute Gasteiger partial charge is 0.131 e. The minimum atomic E-state index is 0.627. The summed E-state index contributed by atoms with van der Waals surface area (Å²) < 4.78 is 0.771. The minimum absolute atomic E-state index is 0.627. The van der Waals surface area contributed by atoms with E-state index in [-0.39, 0.29) is 0 Å². The Bertz CT molecular complexity index is 619. The Kier molecular flexibility index (Phi) is 4.48. The third-order valence-electron chi connectivity index (χ3n) is 2.59. The molecular formula is C14H13BrN4. The lowest BCUT2D eigenvalue weighted by atomic mass is 10.1. The number of aryl methyl sites for hydroxylation is 1. The van der Waals surface area contributed by atoms with Crippen molar-refractivity contribution in [3.63, 3.8) is 0 Å². The van der Waals surface area contributed by atoms with Gasteiger partial charge in [0.2, 0.25) is 0 Å². The SMILES string of the molecule is CCc1nc(Br)cc(NCc2cccc(C#N)c2)n1. The minimum Gasteiger partial charge on any atom is -0.366 e. The first-order valence-corrected chi connectivity index (χ1v) is 6.77. The number of rotatable bonds is 4. The van der Waals surface area contributed by atoms with Gasteiger partial charge >= 0.3 is 0 Å². The van der Waals surface area contributed by atoms with E-state index in [1.807, 2.05) is 31.2 Å². The van der Waals surface area contributed by atoms with Crippen LogP contribution in [0.4, 0.5) is 5.82 Å². The molecule has 1 N–H and O–H groups in total. The lowest BCUT2D eigenvalue weighted by molar-refractivity contribution is 0.921. The number of nitriles is 1. The molecule has 0 saturated heterocycles. The molecule has 4 nitrogen and oxygen atoms in total. The van der Waals surface area contributed by atoms with E-state index in [0.29, 0.717) is 12.1 Å². The van der Waals surface area contributed by atoms with Crippen molar-refractivity contribution in [3.8, 4) is 6.07 Å². The van der Waals surface area contributed by atoms with E-state index < -0.39 is 0 Å². The zero-order chi connectivity index (χ0) is 13.7. The van der Waals surface area contributed by atoms with Crippen LogP contribution in [0.25, 0.3) is 0 Å². The van der Waals surface area contributed by atoms with Crippen molar-refractivity contribution in [2.24, 2.45) is 0 Å². The summed E-state index contributed by atoms with van der Waals surface area (Å²) in [5.74, 6) is 1.57. The fourth-order valence-corrected chi connectivity index (χ4v) is 2.08. The summed E-state index contributed by atoms with van der Waals surface area (Å²) in [5.41, 5.74) is 1.71. The summed E-state index contributed by atoms with van der Waals surface area (Å²) in [6, 6.07) is 11.5. The molecule has 0 fully saturated rings. The highest BCUT2D eigenvalue weighted by Crippen LogP contribution is 2.14. The maximum absolute atomic E-state index is 8.85. The van der Waals surface area contributed by atoms with Gasteiger partial charge < -0.3 is 5.32 Å². The number of aromatic nitrogens is 2. The molecule has 0 unspecified atom stereocenters. The van der Waals surface area contributed by atoms with Crippen LogP contribution in [0.15, 0.2) is 34.9 Å². The Balaban J connectivity index is 2.10. The molecule has 0 saturated carbocycles. The van der Waals surface area contributed by atoms with Crippen LogP contribution >= 0.6 is 15.9 Å². The Morgan fingerprint density at radius 3 is 2.89 bits per heavy atom. The predicted octanol–water partition coefficient (Wildman–Crippen LogP) is 3.29. The van der Waals surface area contributed by atoms with Gasteiger partial charge in [-0.15, -0.1) is 0 Å². The van der Waals surface area contributed by atoms with Crippen LogP contribution in [0.5, 0.6) is 0 Å². The number of nitrogens with one attached hydrogen (secondary N) is 1. The molecule has 0 aliphatic rings. The van der Waals surface area contributed by atoms with Crippen molar-refractivity contribution in [2.75, 3.05) is 5.32 Å². The third kappa shape index (κ3) is 3.76. The Hall–Kier alpha value is -1.93. The molecule has 1 heterocycles. The van der Waals surface area contributed by atoms with Crippen molar-refractivity contribution in [1.82, 2.24) is 9.97 Å². The van der Waals surface area contributed by atoms with Gasteiger partial charge in [0.15, 0.2) is 0 Å². The highest BCUT2D eigenvalue weighted by atomic mass is 79.9. The largest absolute Gasteiger partial charge is 0.366 e. The molecule has 96 valence electrons. The van der Waals surface area contributed by atoms with Gasteiger partial charge in [0.05, 0.1) is 11.6 Å². The fourth-order valence-electron chi connectivity index (χ4n) is 1.66. The number of anilines is 1. The van der Waals surface area contributed by atoms with Gasteiger partial charge in [0.25, 0.3) is 0 Å². The molecule has 2 aromatic rings. The second-order valence-electron chi connectivity index (χ2n) is 4.01. The number of halogens is 1. The summed E-state index contributed by atoms with van der Waals surface area (Å²) in [7, 11) is 0. The molecule has 19 heavy (non-hydrogen) atoms. The normalized spacial score (nSPS) is 9.95. The number of benzene rings is 1. The van der Waals surface area contributed by atoms with Crippen molar-refractivity contribution >= 4 is 21.7 Å². The summed E-state index contributed by atoms with van der Waals surface area (Å²) in [5, 5.41) is 12.1. The number of nitrogens with zero attached hydrogens (tertiary/aromatic N) is 3. The summed E-state index contributed by atoms with van der Waals surface area (Å²) in [6.45, 7) is 2.64. The summed E-state index contributed by atoms with van der Waals surface area (Å²) in [6.07, 6.45) is 0.790. The molecule has 0 radical (unpaired) electrons. The van der Waals surface area contributed by atoms with Gasteiger partial charge in [-0.3, -0.25) is 0 Å². The summed E-state index contributed by atoms with van der Waals surface area (Å²) in [4.78, 5) is 8.65. The quantitative estimate of drug-likeness (QED) is 0.879. The van der Waals surface area contributed by atoms with Crippen LogP contribution in [0.3, 0.4) is 0 Å². The van der Waals surface area contributed by atoms with E-state index >= 15 is 0 Å². The Morgan fingerprint density at radius 2 is 2.16 bits per heavy atom. The molecule has 1 aromatic heterocycles. The molecule has 0 aliphatic carbocycles. The van der Waals surface area contributed by atoms with Crippen molar-refractivity contribution in [2.45, 2.75) is 19.9 Å². The van der Waals surface area contributed by atoms with E-state index in [2.05, 4.69) is 37.3 Å². The third-order valence-corrected chi connectivity index (χ3v) is 2.99. The molecule has 0 bridgehead atoms. The Labute approximate surface area is 120 Å². The van der Waals surface area contributed by atoms with Gasteiger partial charge in [-0.25, -0.2) is 9.97 Å². The molecule has 0 atom stereocenters.